The Balaban J connectivity index is 3.17. The number of nitrogens with zero attached hydrogens (tertiary/aromatic N) is 1. The van der Waals surface area contributed by atoms with Crippen molar-refractivity contribution in [3.8, 4) is 6.07 Å². The van der Waals surface area contributed by atoms with E-state index in [9.17, 15) is 4.79 Å². The summed E-state index contributed by atoms with van der Waals surface area (Å²) in [4.78, 5) is 10.5. The molecule has 0 aromatic heterocycles. The molecule has 0 saturated heterocycles. The lowest BCUT2D eigenvalue weighted by Crippen LogP contribution is -1.94. The molecule has 0 radical (unpaired) electrons. The molecule has 0 heterocycles. The van der Waals surface area contributed by atoms with Crippen molar-refractivity contribution in [3.63, 3.8) is 0 Å². The van der Waals surface area contributed by atoms with Gasteiger partial charge in [0.1, 0.15) is 6.29 Å². The fourth-order valence-corrected chi connectivity index (χ4v) is 1.53. The zero-order chi connectivity index (χ0) is 9.84. The smallest absolute Gasteiger partial charge is 0.127 e. The standard InChI is InChI=1S/C10H8BrNO/c1-7(6-13)9-2-8(5-12)3-10(11)4-9/h2-4,6-7H,1H3. The molecule has 0 fully saturated rings. The van der Waals surface area contributed by atoms with Crippen LogP contribution in [-0.2, 0) is 4.79 Å². The molecule has 1 atom stereocenters. The van der Waals surface area contributed by atoms with E-state index in [2.05, 4.69) is 15.9 Å². The highest BCUT2D eigenvalue weighted by Crippen LogP contribution is 2.20. The fraction of sp³-hybridized carbons (Fsp3) is 0.200. The first kappa shape index (κ1) is 9.94. The van der Waals surface area contributed by atoms with Crippen LogP contribution < -0.4 is 0 Å². The van der Waals surface area contributed by atoms with Gasteiger partial charge in [0.2, 0.25) is 0 Å². The molecule has 0 aliphatic heterocycles. The third kappa shape index (κ3) is 2.40. The quantitative estimate of drug-likeness (QED) is 0.743. The predicted octanol–water partition coefficient (Wildman–Crippen LogP) is 2.62. The van der Waals surface area contributed by atoms with Crippen LogP contribution in [0, 0.1) is 11.3 Å². The van der Waals surface area contributed by atoms with E-state index in [1.54, 1.807) is 19.1 Å². The summed E-state index contributed by atoms with van der Waals surface area (Å²) in [6.07, 6.45) is 0.864. The molecule has 0 spiro atoms. The minimum Gasteiger partial charge on any atom is -0.303 e. The highest BCUT2D eigenvalue weighted by atomic mass is 79.9. The van der Waals surface area contributed by atoms with Gasteiger partial charge < -0.3 is 4.79 Å². The average molecular weight is 238 g/mol. The van der Waals surface area contributed by atoms with Crippen molar-refractivity contribution in [1.29, 1.82) is 5.26 Å². The molecule has 1 aromatic rings. The van der Waals surface area contributed by atoms with Crippen molar-refractivity contribution in [3.05, 3.63) is 33.8 Å². The van der Waals surface area contributed by atoms with E-state index in [0.29, 0.717) is 5.56 Å². The summed E-state index contributed by atoms with van der Waals surface area (Å²) >= 11 is 3.28. The number of hydrogen-bond acceptors (Lipinski definition) is 2. The van der Waals surface area contributed by atoms with Crippen LogP contribution in [0.2, 0.25) is 0 Å². The molecular formula is C10H8BrNO. The number of rotatable bonds is 2. The number of nitriles is 1. The van der Waals surface area contributed by atoms with Gasteiger partial charge in [-0.3, -0.25) is 0 Å². The molecule has 3 heteroatoms. The molecule has 1 rings (SSSR count). The van der Waals surface area contributed by atoms with Crippen LogP contribution in [0.4, 0.5) is 0 Å². The fourth-order valence-electron chi connectivity index (χ4n) is 1.02. The van der Waals surface area contributed by atoms with Gasteiger partial charge in [-0.1, -0.05) is 22.9 Å². The molecule has 0 aliphatic carbocycles. The van der Waals surface area contributed by atoms with Gasteiger partial charge in [0.05, 0.1) is 11.6 Å². The first-order chi connectivity index (χ1) is 6.17. The number of halogens is 1. The Morgan fingerprint density at radius 3 is 2.77 bits per heavy atom. The van der Waals surface area contributed by atoms with Crippen LogP contribution in [0.5, 0.6) is 0 Å². The summed E-state index contributed by atoms with van der Waals surface area (Å²) in [5.74, 6) is -0.162. The normalized spacial score (nSPS) is 11.8. The maximum absolute atomic E-state index is 10.5. The summed E-state index contributed by atoms with van der Waals surface area (Å²) in [5, 5.41) is 8.68. The highest BCUT2D eigenvalue weighted by Gasteiger charge is 2.05. The first-order valence-electron chi connectivity index (χ1n) is 3.83. The summed E-state index contributed by atoms with van der Waals surface area (Å²) in [6, 6.07) is 7.34. The lowest BCUT2D eigenvalue weighted by molar-refractivity contribution is -0.108. The van der Waals surface area contributed by atoms with Crippen molar-refractivity contribution in [2.24, 2.45) is 0 Å². The maximum Gasteiger partial charge on any atom is 0.127 e. The molecule has 66 valence electrons. The molecule has 13 heavy (non-hydrogen) atoms. The van der Waals surface area contributed by atoms with E-state index in [4.69, 9.17) is 5.26 Å². The van der Waals surface area contributed by atoms with Crippen LogP contribution in [0.25, 0.3) is 0 Å². The van der Waals surface area contributed by atoms with Crippen LogP contribution in [0.1, 0.15) is 24.0 Å². The van der Waals surface area contributed by atoms with Crippen LogP contribution in [0.15, 0.2) is 22.7 Å². The molecule has 0 saturated carbocycles. The number of benzene rings is 1. The third-order valence-corrected chi connectivity index (χ3v) is 2.24. The van der Waals surface area contributed by atoms with Gasteiger partial charge in [-0.25, -0.2) is 0 Å². The average Bonchev–Trinajstić information content (AvgIpc) is 2.15. The van der Waals surface area contributed by atoms with Crippen molar-refractivity contribution >= 4 is 22.2 Å². The van der Waals surface area contributed by atoms with Crippen LogP contribution in [-0.4, -0.2) is 6.29 Å². The van der Waals surface area contributed by atoms with Gasteiger partial charge in [0, 0.05) is 10.4 Å². The Morgan fingerprint density at radius 1 is 1.54 bits per heavy atom. The van der Waals surface area contributed by atoms with Crippen molar-refractivity contribution in [2.45, 2.75) is 12.8 Å². The minimum absolute atomic E-state index is 0.162. The van der Waals surface area contributed by atoms with E-state index < -0.39 is 0 Å². The second kappa shape index (κ2) is 4.20. The molecular weight excluding hydrogens is 230 g/mol. The molecule has 0 bridgehead atoms. The topological polar surface area (TPSA) is 40.9 Å². The van der Waals surface area contributed by atoms with Crippen LogP contribution in [0.3, 0.4) is 0 Å². The van der Waals surface area contributed by atoms with Gasteiger partial charge in [-0.05, 0) is 23.8 Å². The van der Waals surface area contributed by atoms with Gasteiger partial charge in [0.15, 0.2) is 0 Å². The van der Waals surface area contributed by atoms with Crippen LogP contribution >= 0.6 is 15.9 Å². The monoisotopic (exact) mass is 237 g/mol. The Morgan fingerprint density at radius 2 is 2.23 bits per heavy atom. The summed E-state index contributed by atoms with van der Waals surface area (Å²) in [5.41, 5.74) is 1.43. The van der Waals surface area contributed by atoms with E-state index in [-0.39, 0.29) is 5.92 Å². The second-order valence-electron chi connectivity index (χ2n) is 2.81. The first-order valence-corrected chi connectivity index (χ1v) is 4.62. The van der Waals surface area contributed by atoms with Crippen molar-refractivity contribution in [1.82, 2.24) is 0 Å². The molecule has 0 N–H and O–H groups in total. The minimum atomic E-state index is -0.162. The second-order valence-corrected chi connectivity index (χ2v) is 3.73. The summed E-state index contributed by atoms with van der Waals surface area (Å²) in [7, 11) is 0. The largest absolute Gasteiger partial charge is 0.303 e. The Kier molecular flexibility index (Phi) is 3.21. The Hall–Kier alpha value is -1.14. The lowest BCUT2D eigenvalue weighted by atomic mass is 10.0. The van der Waals surface area contributed by atoms with Gasteiger partial charge in [-0.2, -0.15) is 5.26 Å². The molecule has 0 amide bonds. The summed E-state index contributed by atoms with van der Waals surface area (Å²) in [6.45, 7) is 1.80. The molecule has 1 aromatic carbocycles. The zero-order valence-corrected chi connectivity index (χ0v) is 8.71. The molecule has 1 unspecified atom stereocenters. The van der Waals surface area contributed by atoms with Crippen molar-refractivity contribution < 1.29 is 4.79 Å². The lowest BCUT2D eigenvalue weighted by Gasteiger charge is -2.04. The number of carbonyl (C=O) groups excluding carboxylic acids is 1. The third-order valence-electron chi connectivity index (χ3n) is 1.78. The summed E-state index contributed by atoms with van der Waals surface area (Å²) < 4.78 is 0.829. The van der Waals surface area contributed by atoms with Gasteiger partial charge >= 0.3 is 0 Å². The van der Waals surface area contributed by atoms with E-state index >= 15 is 0 Å². The predicted molar refractivity (Wildman–Crippen MR) is 53.3 cm³/mol. The van der Waals surface area contributed by atoms with Crippen molar-refractivity contribution in [2.75, 3.05) is 0 Å². The molecule has 2 nitrogen and oxygen atoms in total. The van der Waals surface area contributed by atoms with E-state index in [1.165, 1.54) is 0 Å². The molecule has 0 aliphatic rings. The van der Waals surface area contributed by atoms with E-state index in [1.807, 2.05) is 12.1 Å². The van der Waals surface area contributed by atoms with Gasteiger partial charge in [-0.15, -0.1) is 0 Å². The Labute approximate surface area is 85.3 Å². The number of hydrogen-bond donors (Lipinski definition) is 0. The SMILES string of the molecule is CC(C=O)c1cc(Br)cc(C#N)c1. The van der Waals surface area contributed by atoms with Gasteiger partial charge in [0.25, 0.3) is 0 Å². The zero-order valence-electron chi connectivity index (χ0n) is 7.12. The maximum atomic E-state index is 10.5. The van der Waals surface area contributed by atoms with E-state index in [0.717, 1.165) is 16.3 Å². The number of carbonyl (C=O) groups is 1. The number of aldehydes is 1. The Bertz CT molecular complexity index is 368. The highest BCUT2D eigenvalue weighted by molar-refractivity contribution is 9.10.